The van der Waals surface area contributed by atoms with E-state index < -0.39 is 23.6 Å². The first kappa shape index (κ1) is 66.1. The minimum atomic E-state index is -0.410. The fourth-order valence-corrected chi connectivity index (χ4v) is 11.0. The summed E-state index contributed by atoms with van der Waals surface area (Å²) in [5.74, 6) is -1.23. The van der Waals surface area contributed by atoms with Crippen molar-refractivity contribution in [2.75, 3.05) is 47.8 Å². The second-order valence-corrected chi connectivity index (χ2v) is 22.0. The Bertz CT molecular complexity index is 4380. The van der Waals surface area contributed by atoms with Crippen molar-refractivity contribution < 1.29 is 59.4 Å². The van der Waals surface area contributed by atoms with Gasteiger partial charge >= 0.3 is 40.2 Å². The Morgan fingerprint density at radius 1 is 0.302 bits per heavy atom. The van der Waals surface area contributed by atoms with E-state index in [2.05, 4.69) is 66.3 Å². The first-order chi connectivity index (χ1) is 45.9. The van der Waals surface area contributed by atoms with E-state index in [1.54, 1.807) is 132 Å². The molecule has 0 spiro atoms. The second-order valence-electron chi connectivity index (χ2n) is 22.0. The minimum Gasteiger partial charge on any atom is -0.351 e. The topological polar surface area (TPSA) is 159 Å². The first-order valence-electron chi connectivity index (χ1n) is 29.9. The normalized spacial score (nSPS) is 10.7. The number of nitrogens with zero attached hydrogens (tertiary/aromatic N) is 10. The van der Waals surface area contributed by atoms with E-state index in [4.69, 9.17) is 0 Å². The Morgan fingerprint density at radius 2 is 0.604 bits per heavy atom. The minimum absolute atomic E-state index is 0. The van der Waals surface area contributed by atoms with Gasteiger partial charge in [-0.25, -0.2) is 17.7 Å². The SMILES string of the molecule is CN(C(=O)c1cc(C(=O)N(C)c2c[c-]c(-c3ccccn3)cc2)cc(-c2cccc(-c3cc(C(=O)N(C)c4c[c-]c(-c5ccccn5)cc4)cc(C(=O)N(C)c4c[c-]c(-c5ccccn5)cc4)c3)c2-c2c[c-]c(-c3ncccn3)[c-]c2)c1)c1c[c-]c(-c2ccccn2)cc1.[Ir+3].[Ir+3]. The van der Waals surface area contributed by atoms with Crippen molar-refractivity contribution in [1.82, 2.24) is 29.9 Å². The number of carbonyl (C=O) groups excluding carboxylic acids is 4. The molecule has 0 radical (unpaired) electrons. The van der Waals surface area contributed by atoms with Crippen molar-refractivity contribution >= 4 is 46.4 Å². The number of hydrogen-bond acceptors (Lipinski definition) is 10. The predicted octanol–water partition coefficient (Wildman–Crippen LogP) is 15.3. The summed E-state index contributed by atoms with van der Waals surface area (Å²) in [6, 6.07) is 85.4. The van der Waals surface area contributed by atoms with Gasteiger partial charge in [0.2, 0.25) is 23.6 Å². The van der Waals surface area contributed by atoms with Gasteiger partial charge in [0.1, 0.15) is 0 Å². The Balaban J connectivity index is 0.00000468. The van der Waals surface area contributed by atoms with Crippen molar-refractivity contribution in [3.63, 3.8) is 0 Å². The van der Waals surface area contributed by atoms with Crippen LogP contribution >= 0.6 is 0 Å². The van der Waals surface area contributed by atoms with Gasteiger partial charge in [0.05, 0.1) is 0 Å². The van der Waals surface area contributed by atoms with Crippen LogP contribution in [0.2, 0.25) is 0 Å². The van der Waals surface area contributed by atoms with Crippen molar-refractivity contribution in [3.05, 3.63) is 314 Å². The molecule has 0 bridgehead atoms. The molecule has 13 rings (SSSR count). The summed E-state index contributed by atoms with van der Waals surface area (Å²) in [6.07, 6.45) is 10.1. The molecule has 0 unspecified atom stereocenters. The molecule has 96 heavy (non-hydrogen) atoms. The van der Waals surface area contributed by atoms with Crippen LogP contribution in [-0.2, 0) is 40.2 Å². The largest absolute Gasteiger partial charge is 3.00 e. The summed E-state index contributed by atoms with van der Waals surface area (Å²) in [7, 11) is 6.70. The molecule has 8 aromatic carbocycles. The zero-order valence-corrected chi connectivity index (χ0v) is 56.8. The number of carbonyl (C=O) groups is 4. The average molecular weight is 1600 g/mol. The Morgan fingerprint density at radius 3 is 0.875 bits per heavy atom. The van der Waals surface area contributed by atoms with Gasteiger partial charge in [-0.3, -0.25) is 31.3 Å². The number of aromatic nitrogens is 6. The molecule has 16 heteroatoms. The molecule has 0 N–H and O–H groups in total. The van der Waals surface area contributed by atoms with Crippen LogP contribution in [0, 0.1) is 36.4 Å². The Labute approximate surface area is 583 Å². The molecule has 0 atom stereocenters. The van der Waals surface area contributed by atoms with Gasteiger partial charge in [-0.2, -0.15) is 5.56 Å². The van der Waals surface area contributed by atoms with Crippen molar-refractivity contribution in [2.24, 2.45) is 0 Å². The maximum Gasteiger partial charge on any atom is 3.00 e. The van der Waals surface area contributed by atoms with Gasteiger partial charge in [0.15, 0.2) is 0 Å². The molecule has 0 fully saturated rings. The quantitative estimate of drug-likeness (QED) is 0.0852. The molecule has 0 saturated carbocycles. The van der Waals surface area contributed by atoms with Crippen LogP contribution in [0.25, 0.3) is 89.8 Å². The molecule has 14 nitrogen and oxygen atoms in total. The molecular formula is C80H54Ir2N10O4. The third kappa shape index (κ3) is 14.2. The maximum atomic E-state index is 15.2. The molecule has 0 aliphatic carbocycles. The van der Waals surface area contributed by atoms with E-state index in [0.717, 1.165) is 45.0 Å². The standard InChI is InChI=1S/C80H54N10O4.2Ir/c1-87(65-33-25-53(26-34-65)71-17-5-9-41-81-71)77(91)61-47-59(48-62(51-61)78(92)88(2)66-35-27-54(28-36-66)72-18-6-10-42-82-72)69-15-13-16-70(75(69)57-21-23-58(24-22-57)76-85-45-14-46-86-76)60-49-63(79(93)89(3)67-37-29-55(30-38-67)73-19-7-11-43-83-73)52-64(50-60)80(94)90(4)68-39-31-56(32-40-68)74-20-8-12-44-84-74;;/h5-22,25,27,29,31,33-52H,1-4H3;;/q-6;2*+3. The molecule has 0 aliphatic rings. The molecule has 0 saturated heterocycles. The fraction of sp³-hybridized carbons (Fsp3) is 0.0500. The third-order valence-corrected chi connectivity index (χ3v) is 16.1. The van der Waals surface area contributed by atoms with E-state index in [0.29, 0.717) is 67.5 Å². The second kappa shape index (κ2) is 29.7. The number of rotatable bonds is 16. The number of amides is 4. The summed E-state index contributed by atoms with van der Waals surface area (Å²) in [5, 5.41) is 0. The van der Waals surface area contributed by atoms with Gasteiger partial charge in [0.25, 0.3) is 0 Å². The molecular weight excluding hydrogens is 1550 g/mol. The van der Waals surface area contributed by atoms with Crippen LogP contribution in [0.4, 0.5) is 22.7 Å². The third-order valence-electron chi connectivity index (χ3n) is 16.1. The summed E-state index contributed by atoms with van der Waals surface area (Å²) in [6.45, 7) is 0. The molecule has 4 amide bonds. The Kier molecular flexibility index (Phi) is 20.4. The first-order valence-corrected chi connectivity index (χ1v) is 29.9. The smallest absolute Gasteiger partial charge is 0.351 e. The van der Waals surface area contributed by atoms with Crippen LogP contribution in [0.5, 0.6) is 0 Å². The number of pyridine rings is 4. The van der Waals surface area contributed by atoms with Crippen LogP contribution in [-0.4, -0.2) is 81.7 Å². The van der Waals surface area contributed by atoms with Crippen molar-refractivity contribution in [2.45, 2.75) is 0 Å². The average Bonchev–Trinajstić information content (AvgIpc) is 0.774. The van der Waals surface area contributed by atoms with Gasteiger partial charge in [-0.15, -0.1) is 119 Å². The van der Waals surface area contributed by atoms with Gasteiger partial charge in [-0.05, 0) is 140 Å². The van der Waals surface area contributed by atoms with Crippen LogP contribution in [0.15, 0.2) is 256 Å². The zero-order chi connectivity index (χ0) is 64.7. The van der Waals surface area contributed by atoms with Crippen LogP contribution in [0.1, 0.15) is 41.4 Å². The monoisotopic (exact) mass is 1600 g/mol. The van der Waals surface area contributed by atoms with Crippen molar-refractivity contribution in [1.29, 1.82) is 0 Å². The number of hydrogen-bond donors (Lipinski definition) is 0. The number of benzene rings is 8. The molecule has 5 heterocycles. The Hall–Kier alpha value is -11.4. The predicted molar refractivity (Wildman–Crippen MR) is 366 cm³/mol. The van der Waals surface area contributed by atoms with Crippen LogP contribution in [0.3, 0.4) is 0 Å². The summed E-state index contributed by atoms with van der Waals surface area (Å²) in [5.41, 5.74) is 12.8. The van der Waals surface area contributed by atoms with E-state index in [9.17, 15) is 0 Å². The summed E-state index contributed by atoms with van der Waals surface area (Å²) in [4.78, 5) is 93.8. The van der Waals surface area contributed by atoms with E-state index >= 15 is 19.2 Å². The molecule has 466 valence electrons. The summed E-state index contributed by atoms with van der Waals surface area (Å²) < 4.78 is 0. The van der Waals surface area contributed by atoms with Gasteiger partial charge < -0.3 is 49.5 Å². The molecule has 0 aliphatic heterocycles. The zero-order valence-electron chi connectivity index (χ0n) is 52.0. The van der Waals surface area contributed by atoms with Gasteiger partial charge in [-0.1, -0.05) is 72.3 Å². The number of anilines is 4. The van der Waals surface area contributed by atoms with E-state index in [-0.39, 0.29) is 62.5 Å². The molecule has 13 aromatic rings. The van der Waals surface area contributed by atoms with Crippen LogP contribution < -0.4 is 19.6 Å². The van der Waals surface area contributed by atoms with Crippen molar-refractivity contribution in [3.8, 4) is 89.8 Å². The van der Waals surface area contributed by atoms with E-state index in [1.807, 2.05) is 152 Å². The fourth-order valence-electron chi connectivity index (χ4n) is 11.0. The van der Waals surface area contributed by atoms with Gasteiger partial charge in [0, 0.05) is 87.6 Å². The molecule has 5 aromatic heterocycles. The summed E-state index contributed by atoms with van der Waals surface area (Å²) >= 11 is 0. The van der Waals surface area contributed by atoms with E-state index in [1.165, 1.54) is 19.6 Å². The maximum absolute atomic E-state index is 15.2.